The second-order valence-corrected chi connectivity index (χ2v) is 5.87. The summed E-state index contributed by atoms with van der Waals surface area (Å²) in [5, 5.41) is 3.34. The molecule has 0 bridgehead atoms. The summed E-state index contributed by atoms with van der Waals surface area (Å²) in [6, 6.07) is 11.1. The molecule has 0 amide bonds. The lowest BCUT2D eigenvalue weighted by atomic mass is 10.1. The summed E-state index contributed by atoms with van der Waals surface area (Å²) in [4.78, 5) is 0. The molecule has 1 aliphatic heterocycles. The number of hydrogen-bond acceptors (Lipinski definition) is 2. The highest BCUT2D eigenvalue weighted by atomic mass is 79.9. The molecule has 0 aliphatic carbocycles. The van der Waals surface area contributed by atoms with Crippen LogP contribution in [0.15, 0.2) is 40.9 Å². The Balaban J connectivity index is 1.80. The minimum atomic E-state index is -0.205. The van der Waals surface area contributed by atoms with Crippen molar-refractivity contribution in [3.63, 3.8) is 0 Å². The van der Waals surface area contributed by atoms with Crippen molar-refractivity contribution in [2.75, 3.05) is 11.9 Å². The number of anilines is 1. The molecule has 2 aromatic carbocycles. The van der Waals surface area contributed by atoms with E-state index in [1.807, 2.05) is 25.1 Å². The molecular formula is C16H15BrFNO. The Kier molecular flexibility index (Phi) is 3.66. The highest BCUT2D eigenvalue weighted by molar-refractivity contribution is 9.10. The number of ether oxygens (including phenoxy) is 1. The predicted octanol–water partition coefficient (Wildman–Crippen LogP) is 4.70. The molecule has 0 fully saturated rings. The zero-order valence-electron chi connectivity index (χ0n) is 11.1. The van der Waals surface area contributed by atoms with Crippen LogP contribution in [0.1, 0.15) is 24.1 Å². The molecule has 0 spiro atoms. The zero-order chi connectivity index (χ0) is 14.1. The van der Waals surface area contributed by atoms with E-state index in [2.05, 4.69) is 27.3 Å². The molecule has 2 aromatic rings. The molecule has 104 valence electrons. The summed E-state index contributed by atoms with van der Waals surface area (Å²) >= 11 is 3.27. The Labute approximate surface area is 126 Å². The molecule has 1 aliphatic rings. The molecule has 0 radical (unpaired) electrons. The highest BCUT2D eigenvalue weighted by Gasteiger charge is 2.14. The molecule has 4 heteroatoms. The van der Waals surface area contributed by atoms with Gasteiger partial charge in [0.25, 0.3) is 0 Å². The fourth-order valence-corrected chi connectivity index (χ4v) is 2.79. The number of halogens is 2. The fourth-order valence-electron chi connectivity index (χ4n) is 2.46. The lowest BCUT2D eigenvalue weighted by molar-refractivity contribution is 0.357. The lowest BCUT2D eigenvalue weighted by Crippen LogP contribution is -2.08. The van der Waals surface area contributed by atoms with Crippen molar-refractivity contribution in [2.24, 2.45) is 0 Å². The van der Waals surface area contributed by atoms with E-state index >= 15 is 0 Å². The van der Waals surface area contributed by atoms with Gasteiger partial charge >= 0.3 is 0 Å². The van der Waals surface area contributed by atoms with Gasteiger partial charge in [0.15, 0.2) is 0 Å². The minimum absolute atomic E-state index is 0.0940. The van der Waals surface area contributed by atoms with Crippen LogP contribution in [0.3, 0.4) is 0 Å². The molecule has 0 saturated carbocycles. The van der Waals surface area contributed by atoms with Gasteiger partial charge in [0.1, 0.15) is 11.6 Å². The van der Waals surface area contributed by atoms with Crippen molar-refractivity contribution in [1.82, 2.24) is 0 Å². The first-order valence-electron chi connectivity index (χ1n) is 6.61. The van der Waals surface area contributed by atoms with Gasteiger partial charge in [-0.1, -0.05) is 22.0 Å². The van der Waals surface area contributed by atoms with Gasteiger partial charge in [0.05, 0.1) is 12.6 Å². The van der Waals surface area contributed by atoms with Crippen molar-refractivity contribution in [3.05, 3.63) is 57.8 Å². The van der Waals surface area contributed by atoms with Crippen molar-refractivity contribution >= 4 is 21.6 Å². The summed E-state index contributed by atoms with van der Waals surface area (Å²) < 4.78 is 20.2. The average molecular weight is 336 g/mol. The first-order valence-corrected chi connectivity index (χ1v) is 7.40. The van der Waals surface area contributed by atoms with E-state index in [-0.39, 0.29) is 11.9 Å². The van der Waals surface area contributed by atoms with Crippen LogP contribution in [-0.4, -0.2) is 6.61 Å². The van der Waals surface area contributed by atoms with Crippen LogP contribution in [0.2, 0.25) is 0 Å². The Hall–Kier alpha value is -1.55. The van der Waals surface area contributed by atoms with E-state index < -0.39 is 0 Å². The molecule has 1 atom stereocenters. The molecule has 3 rings (SSSR count). The van der Waals surface area contributed by atoms with E-state index in [1.165, 1.54) is 11.6 Å². The van der Waals surface area contributed by atoms with Crippen LogP contribution in [-0.2, 0) is 6.42 Å². The van der Waals surface area contributed by atoms with Gasteiger partial charge in [-0.25, -0.2) is 4.39 Å². The number of hydrogen-bond donors (Lipinski definition) is 1. The monoisotopic (exact) mass is 335 g/mol. The summed E-state index contributed by atoms with van der Waals surface area (Å²) in [5.41, 5.74) is 2.85. The van der Waals surface area contributed by atoms with E-state index in [9.17, 15) is 4.39 Å². The Morgan fingerprint density at radius 2 is 2.10 bits per heavy atom. The topological polar surface area (TPSA) is 21.3 Å². The van der Waals surface area contributed by atoms with Crippen LogP contribution in [0, 0.1) is 5.82 Å². The van der Waals surface area contributed by atoms with Crippen LogP contribution < -0.4 is 10.1 Å². The standard InChI is InChI=1S/C16H15BrFNO/c1-10(14-4-2-12(17)9-15(14)18)19-13-3-5-16-11(8-13)6-7-20-16/h2-5,8-10,19H,6-7H2,1H3. The third kappa shape index (κ3) is 2.66. The minimum Gasteiger partial charge on any atom is -0.493 e. The lowest BCUT2D eigenvalue weighted by Gasteiger charge is -2.17. The largest absolute Gasteiger partial charge is 0.493 e. The van der Waals surface area contributed by atoms with Gasteiger partial charge in [-0.3, -0.25) is 0 Å². The van der Waals surface area contributed by atoms with Gasteiger partial charge in [-0.05, 0) is 42.8 Å². The number of nitrogens with one attached hydrogen (secondary N) is 1. The number of benzene rings is 2. The van der Waals surface area contributed by atoms with Crippen LogP contribution in [0.25, 0.3) is 0 Å². The van der Waals surface area contributed by atoms with E-state index in [0.29, 0.717) is 5.56 Å². The van der Waals surface area contributed by atoms with Crippen molar-refractivity contribution in [3.8, 4) is 5.75 Å². The maximum atomic E-state index is 13.9. The van der Waals surface area contributed by atoms with Gasteiger partial charge in [0, 0.05) is 22.1 Å². The third-order valence-electron chi connectivity index (χ3n) is 3.50. The first-order chi connectivity index (χ1) is 9.63. The van der Waals surface area contributed by atoms with Gasteiger partial charge in [0.2, 0.25) is 0 Å². The zero-order valence-corrected chi connectivity index (χ0v) is 12.7. The predicted molar refractivity (Wildman–Crippen MR) is 81.8 cm³/mol. The van der Waals surface area contributed by atoms with Crippen LogP contribution in [0.4, 0.5) is 10.1 Å². The number of rotatable bonds is 3. The molecule has 20 heavy (non-hydrogen) atoms. The third-order valence-corrected chi connectivity index (χ3v) is 3.99. The SMILES string of the molecule is CC(Nc1ccc2c(c1)CCO2)c1ccc(Br)cc1F. The Morgan fingerprint density at radius 1 is 1.25 bits per heavy atom. The molecular weight excluding hydrogens is 321 g/mol. The normalized spacial score (nSPS) is 14.6. The smallest absolute Gasteiger partial charge is 0.129 e. The fraction of sp³-hybridized carbons (Fsp3) is 0.250. The second kappa shape index (κ2) is 5.44. The summed E-state index contributed by atoms with van der Waals surface area (Å²) in [6.45, 7) is 2.70. The molecule has 0 aromatic heterocycles. The van der Waals surface area contributed by atoms with Gasteiger partial charge in [-0.15, -0.1) is 0 Å². The van der Waals surface area contributed by atoms with E-state index in [1.54, 1.807) is 6.07 Å². The highest BCUT2D eigenvalue weighted by Crippen LogP contribution is 2.30. The molecule has 1 heterocycles. The van der Waals surface area contributed by atoms with E-state index in [4.69, 9.17) is 4.74 Å². The summed E-state index contributed by atoms with van der Waals surface area (Å²) in [6.07, 6.45) is 0.936. The van der Waals surface area contributed by atoms with Gasteiger partial charge < -0.3 is 10.1 Å². The second-order valence-electron chi connectivity index (χ2n) is 4.95. The maximum Gasteiger partial charge on any atom is 0.129 e. The summed E-state index contributed by atoms with van der Waals surface area (Å²) in [5.74, 6) is 0.752. The summed E-state index contributed by atoms with van der Waals surface area (Å²) in [7, 11) is 0. The quantitative estimate of drug-likeness (QED) is 0.877. The molecule has 1 unspecified atom stereocenters. The van der Waals surface area contributed by atoms with Crippen LogP contribution >= 0.6 is 15.9 Å². The molecule has 2 nitrogen and oxygen atoms in total. The van der Waals surface area contributed by atoms with E-state index in [0.717, 1.165) is 28.9 Å². The van der Waals surface area contributed by atoms with Crippen LogP contribution in [0.5, 0.6) is 5.75 Å². The van der Waals surface area contributed by atoms with Crippen molar-refractivity contribution in [1.29, 1.82) is 0 Å². The van der Waals surface area contributed by atoms with Crippen molar-refractivity contribution in [2.45, 2.75) is 19.4 Å². The Bertz CT molecular complexity index is 644. The average Bonchev–Trinajstić information content (AvgIpc) is 2.85. The molecule has 1 N–H and O–H groups in total. The van der Waals surface area contributed by atoms with Crippen molar-refractivity contribution < 1.29 is 9.13 Å². The Morgan fingerprint density at radius 3 is 2.90 bits per heavy atom. The van der Waals surface area contributed by atoms with Gasteiger partial charge in [-0.2, -0.15) is 0 Å². The maximum absolute atomic E-state index is 13.9. The number of fused-ring (bicyclic) bond motifs is 1. The molecule has 0 saturated heterocycles. The first kappa shape index (κ1) is 13.4.